The fourth-order valence-corrected chi connectivity index (χ4v) is 3.34. The van der Waals surface area contributed by atoms with Crippen LogP contribution in [0, 0.1) is 0 Å². The first kappa shape index (κ1) is 17.0. The Morgan fingerprint density at radius 3 is 2.42 bits per heavy atom. The Hall–Kier alpha value is -2.40. The number of hydrogen-bond donors (Lipinski definition) is 0. The highest BCUT2D eigenvalue weighted by Gasteiger charge is 2.23. The van der Waals surface area contributed by atoms with E-state index in [1.165, 1.54) is 11.1 Å². The first-order valence-corrected chi connectivity index (χ1v) is 9.22. The molecule has 26 heavy (non-hydrogen) atoms. The van der Waals surface area contributed by atoms with Crippen LogP contribution in [0.1, 0.15) is 38.6 Å². The molecule has 3 heterocycles. The molecule has 0 fully saturated rings. The van der Waals surface area contributed by atoms with Gasteiger partial charge in [-0.15, -0.1) is 15.3 Å². The first-order valence-electron chi connectivity index (χ1n) is 8.85. The maximum atomic E-state index is 5.99. The van der Waals surface area contributed by atoms with Crippen LogP contribution < -0.4 is 4.90 Å². The molecule has 1 aliphatic heterocycles. The van der Waals surface area contributed by atoms with Crippen LogP contribution in [0.15, 0.2) is 42.5 Å². The first-order chi connectivity index (χ1) is 12.4. The molecule has 0 atom stereocenters. The molecule has 0 saturated carbocycles. The molecular weight excluding hydrogens is 346 g/mol. The van der Waals surface area contributed by atoms with Crippen LogP contribution in [0.4, 0.5) is 5.82 Å². The van der Waals surface area contributed by atoms with Crippen molar-refractivity contribution in [2.75, 3.05) is 18.0 Å². The number of halogens is 1. The Kier molecular flexibility index (Phi) is 4.19. The summed E-state index contributed by atoms with van der Waals surface area (Å²) in [4.78, 5) is 2.28. The van der Waals surface area contributed by atoms with Gasteiger partial charge in [0.2, 0.25) is 0 Å². The second kappa shape index (κ2) is 6.40. The Morgan fingerprint density at radius 2 is 1.77 bits per heavy atom. The quantitative estimate of drug-likeness (QED) is 0.674. The standard InChI is InChI=1S/C20H22ClN5/c1-20(2,3)19-23-22-17-8-9-18(24-26(17)19)25-12-10-15(11-13-25)14-4-6-16(21)7-5-14/h4-10H,11-13H2,1-3H3. The normalized spacial score (nSPS) is 15.4. The van der Waals surface area contributed by atoms with E-state index in [0.717, 1.165) is 41.8 Å². The van der Waals surface area contributed by atoms with E-state index in [0.29, 0.717) is 0 Å². The molecule has 0 saturated heterocycles. The van der Waals surface area contributed by atoms with Crippen LogP contribution in [-0.4, -0.2) is 32.9 Å². The summed E-state index contributed by atoms with van der Waals surface area (Å²) < 4.78 is 1.87. The molecule has 3 aromatic rings. The Balaban J connectivity index is 1.60. The zero-order chi connectivity index (χ0) is 18.3. The second-order valence-corrected chi connectivity index (χ2v) is 8.10. The van der Waals surface area contributed by atoms with E-state index in [4.69, 9.17) is 16.7 Å². The lowest BCUT2D eigenvalue weighted by Gasteiger charge is -2.27. The number of nitrogens with zero attached hydrogens (tertiary/aromatic N) is 5. The van der Waals surface area contributed by atoms with E-state index < -0.39 is 0 Å². The minimum Gasteiger partial charge on any atom is -0.351 e. The number of rotatable bonds is 2. The van der Waals surface area contributed by atoms with Crippen LogP contribution in [0.5, 0.6) is 0 Å². The smallest absolute Gasteiger partial charge is 0.178 e. The summed E-state index contributed by atoms with van der Waals surface area (Å²) in [6.45, 7) is 8.14. The summed E-state index contributed by atoms with van der Waals surface area (Å²) in [5, 5.41) is 14.1. The lowest BCUT2D eigenvalue weighted by molar-refractivity contribution is 0.526. The van der Waals surface area contributed by atoms with Crippen LogP contribution in [0.2, 0.25) is 5.02 Å². The SMILES string of the molecule is CC(C)(C)c1nnc2ccc(N3CC=C(c4ccc(Cl)cc4)CC3)nn12. The average molecular weight is 368 g/mol. The van der Waals surface area contributed by atoms with Gasteiger partial charge in [0.25, 0.3) is 0 Å². The van der Waals surface area contributed by atoms with Crippen molar-refractivity contribution in [1.82, 2.24) is 19.8 Å². The molecule has 0 aliphatic carbocycles. The van der Waals surface area contributed by atoms with E-state index in [9.17, 15) is 0 Å². The molecule has 6 heteroatoms. The van der Waals surface area contributed by atoms with Crippen LogP contribution in [0.25, 0.3) is 11.2 Å². The largest absolute Gasteiger partial charge is 0.351 e. The third-order valence-corrected chi connectivity index (χ3v) is 4.92. The van der Waals surface area contributed by atoms with Crippen molar-refractivity contribution in [1.29, 1.82) is 0 Å². The fourth-order valence-electron chi connectivity index (χ4n) is 3.22. The Bertz CT molecular complexity index is 966. The van der Waals surface area contributed by atoms with Crippen molar-refractivity contribution in [2.24, 2.45) is 0 Å². The van der Waals surface area contributed by atoms with Crippen molar-refractivity contribution >= 4 is 28.6 Å². The van der Waals surface area contributed by atoms with Crippen LogP contribution >= 0.6 is 11.6 Å². The molecule has 134 valence electrons. The highest BCUT2D eigenvalue weighted by atomic mass is 35.5. The van der Waals surface area contributed by atoms with Gasteiger partial charge in [-0.1, -0.05) is 50.6 Å². The van der Waals surface area contributed by atoms with Crippen molar-refractivity contribution in [2.45, 2.75) is 32.6 Å². The summed E-state index contributed by atoms with van der Waals surface area (Å²) in [5.74, 6) is 1.83. The second-order valence-electron chi connectivity index (χ2n) is 7.67. The third-order valence-electron chi connectivity index (χ3n) is 4.67. The average Bonchev–Trinajstić information content (AvgIpc) is 3.06. The van der Waals surface area contributed by atoms with Gasteiger partial charge in [0.1, 0.15) is 5.82 Å². The highest BCUT2D eigenvalue weighted by molar-refractivity contribution is 6.30. The fraction of sp³-hybridized carbons (Fsp3) is 0.350. The molecular formula is C20H22ClN5. The van der Waals surface area contributed by atoms with Crippen molar-refractivity contribution in [3.63, 3.8) is 0 Å². The van der Waals surface area contributed by atoms with E-state index in [1.807, 2.05) is 28.8 Å². The minimum atomic E-state index is -0.103. The van der Waals surface area contributed by atoms with E-state index in [1.54, 1.807) is 0 Å². The number of anilines is 1. The van der Waals surface area contributed by atoms with Gasteiger partial charge in [0.05, 0.1) is 0 Å². The molecule has 0 spiro atoms. The lowest BCUT2D eigenvalue weighted by Crippen LogP contribution is -2.29. The summed E-state index contributed by atoms with van der Waals surface area (Å²) in [5.41, 5.74) is 3.28. The zero-order valence-corrected chi connectivity index (χ0v) is 16.0. The molecule has 0 radical (unpaired) electrons. The minimum absolute atomic E-state index is 0.103. The van der Waals surface area contributed by atoms with Gasteiger partial charge >= 0.3 is 0 Å². The van der Waals surface area contributed by atoms with Gasteiger partial charge < -0.3 is 4.90 Å². The molecule has 4 rings (SSSR count). The Labute approximate surface area is 158 Å². The van der Waals surface area contributed by atoms with E-state index in [2.05, 4.69) is 54.1 Å². The molecule has 1 aromatic carbocycles. The van der Waals surface area contributed by atoms with E-state index in [-0.39, 0.29) is 5.41 Å². The maximum Gasteiger partial charge on any atom is 0.178 e. The van der Waals surface area contributed by atoms with Gasteiger partial charge in [0, 0.05) is 23.5 Å². The van der Waals surface area contributed by atoms with Crippen LogP contribution in [0.3, 0.4) is 0 Å². The van der Waals surface area contributed by atoms with Gasteiger partial charge in [-0.05, 0) is 41.8 Å². The molecule has 5 nitrogen and oxygen atoms in total. The van der Waals surface area contributed by atoms with Crippen molar-refractivity contribution in [3.8, 4) is 0 Å². The van der Waals surface area contributed by atoms with Gasteiger partial charge in [-0.3, -0.25) is 0 Å². The third kappa shape index (κ3) is 3.19. The molecule has 2 aromatic heterocycles. The number of fused-ring (bicyclic) bond motifs is 1. The maximum absolute atomic E-state index is 5.99. The summed E-state index contributed by atoms with van der Waals surface area (Å²) in [6, 6.07) is 12.1. The summed E-state index contributed by atoms with van der Waals surface area (Å²) >= 11 is 5.99. The monoisotopic (exact) mass is 367 g/mol. The van der Waals surface area contributed by atoms with Gasteiger partial charge in [0.15, 0.2) is 11.5 Å². The summed E-state index contributed by atoms with van der Waals surface area (Å²) in [6.07, 6.45) is 3.26. The zero-order valence-electron chi connectivity index (χ0n) is 15.3. The summed E-state index contributed by atoms with van der Waals surface area (Å²) in [7, 11) is 0. The number of aromatic nitrogens is 4. The molecule has 0 unspecified atom stereocenters. The number of hydrogen-bond acceptors (Lipinski definition) is 4. The van der Waals surface area contributed by atoms with E-state index >= 15 is 0 Å². The van der Waals surface area contributed by atoms with Crippen molar-refractivity contribution in [3.05, 3.63) is 58.9 Å². The predicted octanol–water partition coefficient (Wildman–Crippen LogP) is 4.37. The highest BCUT2D eigenvalue weighted by Crippen LogP contribution is 2.26. The van der Waals surface area contributed by atoms with Gasteiger partial charge in [-0.2, -0.15) is 4.52 Å². The lowest BCUT2D eigenvalue weighted by atomic mass is 9.96. The van der Waals surface area contributed by atoms with Crippen molar-refractivity contribution < 1.29 is 0 Å². The van der Waals surface area contributed by atoms with Crippen LogP contribution in [-0.2, 0) is 5.41 Å². The molecule has 0 bridgehead atoms. The van der Waals surface area contributed by atoms with Gasteiger partial charge in [-0.25, -0.2) is 0 Å². The topological polar surface area (TPSA) is 46.3 Å². The Morgan fingerprint density at radius 1 is 1.00 bits per heavy atom. The molecule has 0 amide bonds. The predicted molar refractivity (Wildman–Crippen MR) is 106 cm³/mol. The number of benzene rings is 1. The molecule has 0 N–H and O–H groups in total. The molecule has 1 aliphatic rings.